The Hall–Kier alpha value is -2.90. The molecule has 3 amide bonds. The number of urea groups is 1. The van der Waals surface area contributed by atoms with Crippen LogP contribution in [-0.4, -0.2) is 57.7 Å². The van der Waals surface area contributed by atoms with Crippen LogP contribution >= 0.6 is 0 Å². The maximum absolute atomic E-state index is 13.3. The van der Waals surface area contributed by atoms with Gasteiger partial charge in [0.05, 0.1) is 6.20 Å². The quantitative estimate of drug-likeness (QED) is 0.909. The number of aromatic nitrogens is 2. The number of hydrogen-bond donors (Lipinski definition) is 1. The lowest BCUT2D eigenvalue weighted by Gasteiger charge is -2.34. The number of halogens is 1. The summed E-state index contributed by atoms with van der Waals surface area (Å²) in [4.78, 5) is 27.9. The molecule has 1 fully saturated rings. The Bertz CT molecular complexity index is 768. The maximum Gasteiger partial charge on any atom is 0.317 e. The minimum absolute atomic E-state index is 0.165. The molecule has 7 nitrogen and oxygen atoms in total. The van der Waals surface area contributed by atoms with E-state index in [2.05, 4.69) is 10.4 Å². The second-order valence-corrected chi connectivity index (χ2v) is 5.97. The number of nitrogens with zero attached hydrogens (tertiary/aromatic N) is 4. The van der Waals surface area contributed by atoms with Crippen molar-refractivity contribution in [2.75, 3.05) is 26.2 Å². The average molecular weight is 345 g/mol. The zero-order valence-corrected chi connectivity index (χ0v) is 14.0. The Morgan fingerprint density at radius 3 is 2.56 bits per heavy atom. The molecule has 0 unspecified atom stereocenters. The van der Waals surface area contributed by atoms with Crippen LogP contribution in [0.1, 0.15) is 15.9 Å². The second kappa shape index (κ2) is 7.33. The van der Waals surface area contributed by atoms with Crippen LogP contribution < -0.4 is 5.32 Å². The SMILES string of the molecule is Cn1cc(CNC(=O)N2CCN(C(=O)c3cccc(F)c3)CC2)cn1. The summed E-state index contributed by atoms with van der Waals surface area (Å²) in [5.74, 6) is -0.644. The number of benzene rings is 1. The molecule has 1 saturated heterocycles. The third-order valence-corrected chi connectivity index (χ3v) is 4.13. The number of carbonyl (C=O) groups excluding carboxylic acids is 2. The van der Waals surface area contributed by atoms with Gasteiger partial charge in [-0.1, -0.05) is 6.07 Å². The van der Waals surface area contributed by atoms with Gasteiger partial charge < -0.3 is 15.1 Å². The van der Waals surface area contributed by atoms with Crippen molar-refractivity contribution in [3.8, 4) is 0 Å². The molecule has 8 heteroatoms. The van der Waals surface area contributed by atoms with Gasteiger partial charge in [-0.15, -0.1) is 0 Å². The number of carbonyl (C=O) groups is 2. The van der Waals surface area contributed by atoms with Crippen molar-refractivity contribution in [1.82, 2.24) is 24.9 Å². The van der Waals surface area contributed by atoms with Gasteiger partial charge in [0.15, 0.2) is 0 Å². The summed E-state index contributed by atoms with van der Waals surface area (Å²) in [5.41, 5.74) is 1.25. The standard InChI is InChI=1S/C17H20FN5O2/c1-21-12-13(11-20-21)10-19-17(25)23-7-5-22(6-8-23)16(24)14-3-2-4-15(18)9-14/h2-4,9,11-12H,5-8,10H2,1H3,(H,19,25). The third kappa shape index (κ3) is 4.14. The summed E-state index contributed by atoms with van der Waals surface area (Å²) in [6.45, 7) is 2.15. The zero-order chi connectivity index (χ0) is 17.8. The number of rotatable bonds is 3. The molecule has 0 aliphatic carbocycles. The predicted octanol–water partition coefficient (Wildman–Crippen LogP) is 1.23. The van der Waals surface area contributed by atoms with Crippen LogP contribution in [0.2, 0.25) is 0 Å². The normalized spacial score (nSPS) is 14.5. The maximum atomic E-state index is 13.3. The van der Waals surface area contributed by atoms with E-state index in [9.17, 15) is 14.0 Å². The molecule has 132 valence electrons. The third-order valence-electron chi connectivity index (χ3n) is 4.13. The number of amides is 3. The van der Waals surface area contributed by atoms with Crippen molar-refractivity contribution in [2.24, 2.45) is 7.05 Å². The molecular formula is C17H20FN5O2. The molecule has 1 aliphatic heterocycles. The van der Waals surface area contributed by atoms with Crippen molar-refractivity contribution >= 4 is 11.9 Å². The highest BCUT2D eigenvalue weighted by atomic mass is 19.1. The van der Waals surface area contributed by atoms with Gasteiger partial charge in [0.25, 0.3) is 5.91 Å². The van der Waals surface area contributed by atoms with Crippen LogP contribution in [0.15, 0.2) is 36.7 Å². The Morgan fingerprint density at radius 2 is 1.92 bits per heavy atom. The molecule has 2 heterocycles. The van der Waals surface area contributed by atoms with Crippen molar-refractivity contribution in [1.29, 1.82) is 0 Å². The summed E-state index contributed by atoms with van der Waals surface area (Å²) in [6.07, 6.45) is 3.55. The summed E-state index contributed by atoms with van der Waals surface area (Å²) in [7, 11) is 1.82. The van der Waals surface area contributed by atoms with Crippen LogP contribution in [0.5, 0.6) is 0 Å². The largest absolute Gasteiger partial charge is 0.335 e. The van der Waals surface area contributed by atoms with Crippen LogP contribution in [0.3, 0.4) is 0 Å². The van der Waals surface area contributed by atoms with Crippen molar-refractivity contribution in [2.45, 2.75) is 6.54 Å². The molecule has 0 spiro atoms. The van der Waals surface area contributed by atoms with Gasteiger partial charge in [-0.2, -0.15) is 5.10 Å². The van der Waals surface area contributed by atoms with Crippen molar-refractivity contribution in [3.63, 3.8) is 0 Å². The lowest BCUT2D eigenvalue weighted by Crippen LogP contribution is -2.53. The van der Waals surface area contributed by atoms with E-state index in [-0.39, 0.29) is 11.9 Å². The van der Waals surface area contributed by atoms with E-state index in [1.165, 1.54) is 18.2 Å². The summed E-state index contributed by atoms with van der Waals surface area (Å²) >= 11 is 0. The number of piperazine rings is 1. The molecule has 1 N–H and O–H groups in total. The Balaban J connectivity index is 1.49. The summed E-state index contributed by atoms with van der Waals surface area (Å²) in [5, 5.41) is 6.90. The van der Waals surface area contributed by atoms with Gasteiger partial charge in [0.2, 0.25) is 0 Å². The highest BCUT2D eigenvalue weighted by Gasteiger charge is 2.24. The van der Waals surface area contributed by atoms with Gasteiger partial charge in [-0.25, -0.2) is 9.18 Å². The summed E-state index contributed by atoms with van der Waals surface area (Å²) in [6, 6.07) is 5.49. The van der Waals surface area contributed by atoms with Gasteiger partial charge in [-0.3, -0.25) is 9.48 Å². The van der Waals surface area contributed by atoms with Gasteiger partial charge in [0, 0.05) is 57.1 Å². The lowest BCUT2D eigenvalue weighted by molar-refractivity contribution is 0.0664. The van der Waals surface area contributed by atoms with Crippen LogP contribution in [-0.2, 0) is 13.6 Å². The number of aryl methyl sites for hydroxylation is 1. The minimum Gasteiger partial charge on any atom is -0.335 e. The van der Waals surface area contributed by atoms with Gasteiger partial charge in [-0.05, 0) is 18.2 Å². The van der Waals surface area contributed by atoms with Gasteiger partial charge >= 0.3 is 6.03 Å². The molecule has 25 heavy (non-hydrogen) atoms. The zero-order valence-electron chi connectivity index (χ0n) is 14.0. The second-order valence-electron chi connectivity index (χ2n) is 5.97. The van der Waals surface area contributed by atoms with Crippen molar-refractivity contribution in [3.05, 3.63) is 53.6 Å². The first-order valence-corrected chi connectivity index (χ1v) is 8.08. The van der Waals surface area contributed by atoms with Crippen LogP contribution in [0, 0.1) is 5.82 Å². The van der Waals surface area contributed by atoms with E-state index in [1.807, 2.05) is 13.2 Å². The molecule has 1 aromatic heterocycles. The first-order chi connectivity index (χ1) is 12.0. The van der Waals surface area contributed by atoms with E-state index in [4.69, 9.17) is 0 Å². The molecule has 1 aliphatic rings. The molecule has 0 radical (unpaired) electrons. The predicted molar refractivity (Wildman–Crippen MR) is 89.3 cm³/mol. The van der Waals surface area contributed by atoms with E-state index >= 15 is 0 Å². The van der Waals surface area contributed by atoms with E-state index in [1.54, 1.807) is 26.7 Å². The Kier molecular flexibility index (Phi) is 4.97. The highest BCUT2D eigenvalue weighted by Crippen LogP contribution is 2.10. The molecule has 0 saturated carbocycles. The molecule has 2 aromatic rings. The molecule has 3 rings (SSSR count). The first kappa shape index (κ1) is 16.9. The average Bonchev–Trinajstić information content (AvgIpc) is 3.04. The molecule has 1 aromatic carbocycles. The van der Waals surface area contributed by atoms with Crippen LogP contribution in [0.25, 0.3) is 0 Å². The molecular weight excluding hydrogens is 325 g/mol. The van der Waals surface area contributed by atoms with Crippen molar-refractivity contribution < 1.29 is 14.0 Å². The lowest BCUT2D eigenvalue weighted by atomic mass is 10.2. The fourth-order valence-corrected chi connectivity index (χ4v) is 2.77. The first-order valence-electron chi connectivity index (χ1n) is 8.08. The molecule has 0 atom stereocenters. The van der Waals surface area contributed by atoms with Gasteiger partial charge in [0.1, 0.15) is 5.82 Å². The highest BCUT2D eigenvalue weighted by molar-refractivity contribution is 5.94. The fraction of sp³-hybridized carbons (Fsp3) is 0.353. The minimum atomic E-state index is -0.431. The van der Waals surface area contributed by atoms with Crippen LogP contribution in [0.4, 0.5) is 9.18 Å². The van der Waals surface area contributed by atoms with E-state index in [0.29, 0.717) is 38.3 Å². The van der Waals surface area contributed by atoms with E-state index in [0.717, 1.165) is 5.56 Å². The summed E-state index contributed by atoms with van der Waals surface area (Å²) < 4.78 is 14.9. The fourth-order valence-electron chi connectivity index (χ4n) is 2.77. The smallest absolute Gasteiger partial charge is 0.317 e. The number of hydrogen-bond acceptors (Lipinski definition) is 3. The topological polar surface area (TPSA) is 70.5 Å². The van der Waals surface area contributed by atoms with E-state index < -0.39 is 5.82 Å². The monoisotopic (exact) mass is 345 g/mol. The Labute approximate surface area is 145 Å². The Morgan fingerprint density at radius 1 is 1.20 bits per heavy atom. The molecule has 0 bridgehead atoms. The number of nitrogens with one attached hydrogen (secondary N) is 1.